The SMILES string of the molecule is O=C(Cc1ccc(-c2cnc(Cc3ccsc3)nc2)cc1F)Nc1cc(C2(C(F)(F)F)CC2)on1. The van der Waals surface area contributed by atoms with Gasteiger partial charge < -0.3 is 9.84 Å². The molecule has 0 aliphatic heterocycles. The summed E-state index contributed by atoms with van der Waals surface area (Å²) in [7, 11) is 0. The lowest BCUT2D eigenvalue weighted by atomic mass is 10.0. The van der Waals surface area contributed by atoms with Crippen molar-refractivity contribution in [3.63, 3.8) is 0 Å². The van der Waals surface area contributed by atoms with Gasteiger partial charge in [-0.3, -0.25) is 4.79 Å². The Morgan fingerprint density at radius 2 is 1.89 bits per heavy atom. The van der Waals surface area contributed by atoms with Crippen LogP contribution in [0.4, 0.5) is 23.4 Å². The van der Waals surface area contributed by atoms with Crippen LogP contribution in [0.1, 0.15) is 35.6 Å². The zero-order valence-corrected chi connectivity index (χ0v) is 18.9. The van der Waals surface area contributed by atoms with Gasteiger partial charge in [0, 0.05) is 30.4 Å². The number of rotatable bonds is 7. The average Bonchev–Trinajstić information content (AvgIpc) is 3.25. The predicted octanol–water partition coefficient (Wildman–Crippen LogP) is 5.70. The molecule has 0 spiro atoms. The van der Waals surface area contributed by atoms with E-state index in [2.05, 4.69) is 20.4 Å². The van der Waals surface area contributed by atoms with Crippen molar-refractivity contribution in [1.82, 2.24) is 15.1 Å². The summed E-state index contributed by atoms with van der Waals surface area (Å²) in [6.45, 7) is 0. The Hall–Kier alpha value is -3.60. The topological polar surface area (TPSA) is 80.9 Å². The second kappa shape index (κ2) is 8.88. The Bertz CT molecular complexity index is 1350. The fourth-order valence-corrected chi connectivity index (χ4v) is 4.42. The monoisotopic (exact) mass is 502 g/mol. The first kappa shape index (κ1) is 23.2. The number of amides is 1. The number of nitrogens with one attached hydrogen (secondary N) is 1. The van der Waals surface area contributed by atoms with Crippen LogP contribution < -0.4 is 5.32 Å². The summed E-state index contributed by atoms with van der Waals surface area (Å²) in [5.41, 5.74) is 0.389. The molecule has 1 aromatic carbocycles. The van der Waals surface area contributed by atoms with E-state index in [9.17, 15) is 22.4 Å². The Morgan fingerprint density at radius 3 is 2.51 bits per heavy atom. The second-order valence-electron chi connectivity index (χ2n) is 8.38. The molecule has 1 amide bonds. The van der Waals surface area contributed by atoms with Crippen LogP contribution in [0.25, 0.3) is 11.1 Å². The van der Waals surface area contributed by atoms with E-state index in [-0.39, 0.29) is 36.4 Å². The van der Waals surface area contributed by atoms with Crippen molar-refractivity contribution < 1.29 is 26.9 Å². The molecule has 0 saturated heterocycles. The van der Waals surface area contributed by atoms with E-state index in [4.69, 9.17) is 4.52 Å². The van der Waals surface area contributed by atoms with E-state index >= 15 is 0 Å². The first-order valence-corrected chi connectivity index (χ1v) is 11.6. The minimum Gasteiger partial charge on any atom is -0.358 e. The lowest BCUT2D eigenvalue weighted by Gasteiger charge is -2.14. The zero-order chi connectivity index (χ0) is 24.6. The lowest BCUT2D eigenvalue weighted by Crippen LogP contribution is -2.28. The second-order valence-corrected chi connectivity index (χ2v) is 9.16. The lowest BCUT2D eigenvalue weighted by molar-refractivity contribution is -0.165. The molecule has 1 aliphatic rings. The van der Waals surface area contributed by atoms with Crippen LogP contribution in [0.5, 0.6) is 0 Å². The van der Waals surface area contributed by atoms with Crippen molar-refractivity contribution in [2.45, 2.75) is 37.3 Å². The summed E-state index contributed by atoms with van der Waals surface area (Å²) >= 11 is 1.60. The third kappa shape index (κ3) is 4.81. The molecule has 1 saturated carbocycles. The van der Waals surface area contributed by atoms with Gasteiger partial charge >= 0.3 is 6.18 Å². The van der Waals surface area contributed by atoms with Crippen LogP contribution in [0.3, 0.4) is 0 Å². The average molecular weight is 502 g/mol. The van der Waals surface area contributed by atoms with Crippen molar-refractivity contribution in [3.05, 3.63) is 82.0 Å². The van der Waals surface area contributed by atoms with Gasteiger partial charge in [-0.1, -0.05) is 17.3 Å². The van der Waals surface area contributed by atoms with Crippen molar-refractivity contribution >= 4 is 23.1 Å². The molecule has 35 heavy (non-hydrogen) atoms. The normalized spacial score (nSPS) is 14.6. The van der Waals surface area contributed by atoms with E-state index < -0.39 is 23.3 Å². The van der Waals surface area contributed by atoms with E-state index in [1.165, 1.54) is 12.1 Å². The van der Waals surface area contributed by atoms with Gasteiger partial charge in [0.1, 0.15) is 17.1 Å². The number of carbonyl (C=O) groups is 1. The van der Waals surface area contributed by atoms with Gasteiger partial charge in [-0.2, -0.15) is 24.5 Å². The minimum absolute atomic E-state index is 0.0843. The van der Waals surface area contributed by atoms with Crippen molar-refractivity contribution in [2.75, 3.05) is 5.32 Å². The number of carbonyl (C=O) groups excluding carboxylic acids is 1. The maximum Gasteiger partial charge on any atom is 0.401 e. The smallest absolute Gasteiger partial charge is 0.358 e. The third-order valence-corrected chi connectivity index (χ3v) is 6.66. The summed E-state index contributed by atoms with van der Waals surface area (Å²) in [6.07, 6.45) is -1.10. The van der Waals surface area contributed by atoms with Crippen LogP contribution in [-0.2, 0) is 23.1 Å². The number of aromatic nitrogens is 3. The van der Waals surface area contributed by atoms with Crippen LogP contribution in [0, 0.1) is 5.82 Å². The minimum atomic E-state index is -4.45. The summed E-state index contributed by atoms with van der Waals surface area (Å²) in [5.74, 6) is -1.05. The molecule has 0 bridgehead atoms. The molecule has 0 atom stereocenters. The number of hydrogen-bond donors (Lipinski definition) is 1. The van der Waals surface area contributed by atoms with Crippen molar-refractivity contribution in [3.8, 4) is 11.1 Å². The molecule has 180 valence electrons. The molecule has 1 aliphatic carbocycles. The summed E-state index contributed by atoms with van der Waals surface area (Å²) in [6, 6.07) is 7.48. The molecule has 0 radical (unpaired) electrons. The van der Waals surface area contributed by atoms with Gasteiger partial charge in [0.2, 0.25) is 5.91 Å². The zero-order valence-electron chi connectivity index (χ0n) is 18.1. The molecule has 11 heteroatoms. The van der Waals surface area contributed by atoms with E-state index in [1.807, 2.05) is 16.8 Å². The molecule has 1 fully saturated rings. The maximum absolute atomic E-state index is 14.7. The molecule has 6 nitrogen and oxygen atoms in total. The molecule has 0 unspecified atom stereocenters. The highest BCUT2D eigenvalue weighted by atomic mass is 32.1. The fraction of sp³-hybridized carbons (Fsp3) is 0.250. The van der Waals surface area contributed by atoms with Crippen LogP contribution in [-0.4, -0.2) is 27.2 Å². The van der Waals surface area contributed by atoms with Crippen LogP contribution in [0.2, 0.25) is 0 Å². The molecule has 5 rings (SSSR count). The predicted molar refractivity (Wildman–Crippen MR) is 120 cm³/mol. The quantitative estimate of drug-likeness (QED) is 0.328. The van der Waals surface area contributed by atoms with Gasteiger partial charge in [-0.15, -0.1) is 0 Å². The molecular weight excluding hydrogens is 484 g/mol. The van der Waals surface area contributed by atoms with Crippen molar-refractivity contribution in [1.29, 1.82) is 0 Å². The Balaban J connectivity index is 1.22. The number of benzene rings is 1. The third-order valence-electron chi connectivity index (χ3n) is 5.93. The number of anilines is 1. The number of hydrogen-bond acceptors (Lipinski definition) is 6. The van der Waals surface area contributed by atoms with E-state index in [0.717, 1.165) is 11.6 Å². The van der Waals surface area contributed by atoms with Crippen LogP contribution in [0.15, 0.2) is 58.0 Å². The highest BCUT2D eigenvalue weighted by Gasteiger charge is 2.66. The number of alkyl halides is 3. The van der Waals surface area contributed by atoms with Gasteiger partial charge in [0.15, 0.2) is 11.6 Å². The number of thiophene rings is 1. The van der Waals surface area contributed by atoms with Gasteiger partial charge in [-0.05, 0) is 52.4 Å². The van der Waals surface area contributed by atoms with Gasteiger partial charge in [-0.25, -0.2) is 14.4 Å². The Labute approximate surface area is 201 Å². The highest BCUT2D eigenvalue weighted by Crippen LogP contribution is 2.59. The van der Waals surface area contributed by atoms with Crippen LogP contribution >= 0.6 is 11.3 Å². The maximum atomic E-state index is 14.7. The molecule has 1 N–H and O–H groups in total. The fourth-order valence-electron chi connectivity index (χ4n) is 3.76. The Morgan fingerprint density at radius 1 is 1.11 bits per heavy atom. The highest BCUT2D eigenvalue weighted by molar-refractivity contribution is 7.07. The van der Waals surface area contributed by atoms with E-state index in [0.29, 0.717) is 23.4 Å². The molecule has 3 aromatic heterocycles. The summed E-state index contributed by atoms with van der Waals surface area (Å²) in [5, 5.41) is 9.88. The number of halogens is 4. The largest absolute Gasteiger partial charge is 0.401 e. The molecule has 4 aromatic rings. The number of nitrogens with zero attached hydrogens (tertiary/aromatic N) is 3. The standard InChI is InChI=1S/C24H18F4N4O2S/c25-18-8-15(17-11-29-20(30-12-17)7-14-3-6-35-13-14)1-2-16(18)9-22(33)31-21-10-19(34-32-21)23(4-5-23)24(26,27)28/h1-3,6,8,10-13H,4-5,7,9H2,(H,31,32,33). The first-order chi connectivity index (χ1) is 16.7. The van der Waals surface area contributed by atoms with Crippen molar-refractivity contribution in [2.24, 2.45) is 0 Å². The first-order valence-electron chi connectivity index (χ1n) is 10.7. The Kier molecular flexibility index (Phi) is 5.87. The summed E-state index contributed by atoms with van der Waals surface area (Å²) < 4.78 is 59.1. The van der Waals surface area contributed by atoms with E-state index in [1.54, 1.807) is 29.8 Å². The summed E-state index contributed by atoms with van der Waals surface area (Å²) in [4.78, 5) is 21.0. The molecular formula is C24H18F4N4O2S. The molecule has 3 heterocycles. The van der Waals surface area contributed by atoms with Gasteiger partial charge in [0.25, 0.3) is 0 Å². The van der Waals surface area contributed by atoms with Gasteiger partial charge in [0.05, 0.1) is 6.42 Å².